The summed E-state index contributed by atoms with van der Waals surface area (Å²) in [5.74, 6) is 0. The molecule has 0 amide bonds. The summed E-state index contributed by atoms with van der Waals surface area (Å²) in [6, 6.07) is 10.3. The van der Waals surface area contributed by atoms with Gasteiger partial charge in [-0.3, -0.25) is 0 Å². The lowest BCUT2D eigenvalue weighted by atomic mass is 10.2. The zero-order valence-corrected chi connectivity index (χ0v) is 4.39. The molecule has 0 heterocycles. The first-order chi connectivity index (χ1) is 3.39. The maximum Gasteiger partial charge on any atom is 0 e. The summed E-state index contributed by atoms with van der Waals surface area (Å²) < 4.78 is 0. The molecule has 0 fully saturated rings. The molecule has 0 spiro atoms. The Labute approximate surface area is 45.3 Å². The smallest absolute Gasteiger partial charge is 0 e. The van der Waals surface area contributed by atoms with E-state index in [4.69, 9.17) is 0 Å². The first-order valence-electron chi connectivity index (χ1n) is 2.41. The Balaban J connectivity index is 0.000000490. The average Bonchev–Trinajstić information content (AvgIpc) is 1.69. The molecule has 0 radical (unpaired) electrons. The van der Waals surface area contributed by atoms with Gasteiger partial charge in [0, 0.05) is 1.43 Å². The molecule has 0 atom stereocenters. The van der Waals surface area contributed by atoms with Crippen LogP contribution in [0.2, 0.25) is 0 Å². The third kappa shape index (κ3) is 1.04. The van der Waals surface area contributed by atoms with Crippen molar-refractivity contribution in [2.24, 2.45) is 0 Å². The van der Waals surface area contributed by atoms with Crippen LogP contribution in [0.3, 0.4) is 0 Å². The van der Waals surface area contributed by atoms with E-state index in [9.17, 15) is 0 Å². The standard InChI is InChI=1S/C7H8.H2/c1-7-5-3-2-4-6-7;/h2-6H,1H3;1H. The fourth-order valence-corrected chi connectivity index (χ4v) is 0.534. The van der Waals surface area contributed by atoms with Gasteiger partial charge in [0.2, 0.25) is 0 Å². The van der Waals surface area contributed by atoms with Gasteiger partial charge in [-0.05, 0) is 6.92 Å². The molecule has 0 aliphatic rings. The lowest BCUT2D eigenvalue weighted by molar-refractivity contribution is 1.48. The minimum atomic E-state index is 0. The van der Waals surface area contributed by atoms with Crippen molar-refractivity contribution in [3.8, 4) is 0 Å². The van der Waals surface area contributed by atoms with E-state index in [-0.39, 0.29) is 1.43 Å². The molecular weight excluding hydrogens is 84.1 g/mol. The molecule has 0 heteroatoms. The van der Waals surface area contributed by atoms with E-state index in [0.29, 0.717) is 0 Å². The second-order valence-electron chi connectivity index (χ2n) is 1.65. The number of hydrogen-bond acceptors (Lipinski definition) is 0. The van der Waals surface area contributed by atoms with Gasteiger partial charge in [-0.25, -0.2) is 0 Å². The molecule has 0 saturated carbocycles. The summed E-state index contributed by atoms with van der Waals surface area (Å²) in [5, 5.41) is 0. The van der Waals surface area contributed by atoms with Crippen LogP contribution in [0.1, 0.15) is 6.99 Å². The highest BCUT2D eigenvalue weighted by atomic mass is 13.8. The van der Waals surface area contributed by atoms with Crippen LogP contribution in [0, 0.1) is 6.92 Å². The van der Waals surface area contributed by atoms with E-state index < -0.39 is 0 Å². The molecular formula is C7H10. The van der Waals surface area contributed by atoms with E-state index in [2.05, 4.69) is 19.1 Å². The van der Waals surface area contributed by atoms with Crippen LogP contribution >= 0.6 is 0 Å². The van der Waals surface area contributed by atoms with E-state index in [1.807, 2.05) is 18.2 Å². The summed E-state index contributed by atoms with van der Waals surface area (Å²) in [7, 11) is 0. The lowest BCUT2D eigenvalue weighted by Gasteiger charge is -1.82. The zero-order valence-electron chi connectivity index (χ0n) is 4.39. The number of benzene rings is 1. The van der Waals surface area contributed by atoms with E-state index >= 15 is 0 Å². The van der Waals surface area contributed by atoms with Crippen molar-refractivity contribution >= 4 is 0 Å². The molecule has 0 aromatic heterocycles. The highest BCUT2D eigenvalue weighted by Gasteiger charge is 1.72. The largest absolute Gasteiger partial charge is 0.0622 e. The van der Waals surface area contributed by atoms with Crippen molar-refractivity contribution in [2.45, 2.75) is 6.92 Å². The predicted octanol–water partition coefficient (Wildman–Crippen LogP) is 2.24. The van der Waals surface area contributed by atoms with Crippen molar-refractivity contribution in [3.05, 3.63) is 35.9 Å². The molecule has 38 valence electrons. The fourth-order valence-electron chi connectivity index (χ4n) is 0.534. The van der Waals surface area contributed by atoms with Gasteiger partial charge in [0.15, 0.2) is 0 Å². The van der Waals surface area contributed by atoms with Gasteiger partial charge in [-0.1, -0.05) is 35.9 Å². The molecule has 0 aliphatic carbocycles. The van der Waals surface area contributed by atoms with Crippen LogP contribution in [0.5, 0.6) is 0 Å². The summed E-state index contributed by atoms with van der Waals surface area (Å²) in [5.41, 5.74) is 1.32. The third-order valence-corrected chi connectivity index (χ3v) is 0.940. The lowest BCUT2D eigenvalue weighted by Crippen LogP contribution is -1.62. The molecule has 1 aromatic rings. The Morgan fingerprint density at radius 3 is 2.00 bits per heavy atom. The number of hydrogen-bond donors (Lipinski definition) is 0. The van der Waals surface area contributed by atoms with Gasteiger partial charge in [0.25, 0.3) is 0 Å². The van der Waals surface area contributed by atoms with Crippen LogP contribution in [0.25, 0.3) is 0 Å². The summed E-state index contributed by atoms with van der Waals surface area (Å²) in [6.45, 7) is 2.08. The van der Waals surface area contributed by atoms with Crippen LogP contribution in [0.15, 0.2) is 30.3 Å². The van der Waals surface area contributed by atoms with Crippen LogP contribution in [-0.4, -0.2) is 0 Å². The normalized spacial score (nSPS) is 8.71. The SMILES string of the molecule is Cc1ccccc1.[HH]. The molecule has 7 heavy (non-hydrogen) atoms. The minimum Gasteiger partial charge on any atom is -0.0622 e. The summed E-state index contributed by atoms with van der Waals surface area (Å²) >= 11 is 0. The van der Waals surface area contributed by atoms with Gasteiger partial charge in [-0.2, -0.15) is 0 Å². The van der Waals surface area contributed by atoms with Crippen molar-refractivity contribution in [1.29, 1.82) is 0 Å². The van der Waals surface area contributed by atoms with Gasteiger partial charge in [0.1, 0.15) is 0 Å². The monoisotopic (exact) mass is 94.1 g/mol. The van der Waals surface area contributed by atoms with Crippen LogP contribution in [-0.2, 0) is 0 Å². The zero-order chi connectivity index (χ0) is 5.11. The Morgan fingerprint density at radius 1 is 1.14 bits per heavy atom. The average molecular weight is 94.2 g/mol. The second kappa shape index (κ2) is 1.78. The molecule has 1 aromatic carbocycles. The molecule has 0 aliphatic heterocycles. The first-order valence-corrected chi connectivity index (χ1v) is 2.41. The fraction of sp³-hybridized carbons (Fsp3) is 0.143. The third-order valence-electron chi connectivity index (χ3n) is 0.940. The highest BCUT2D eigenvalue weighted by Crippen LogP contribution is 1.92. The maximum atomic E-state index is 2.08. The Morgan fingerprint density at radius 2 is 1.71 bits per heavy atom. The van der Waals surface area contributed by atoms with Gasteiger partial charge in [-0.15, -0.1) is 0 Å². The number of rotatable bonds is 0. The molecule has 0 unspecified atom stereocenters. The second-order valence-corrected chi connectivity index (χ2v) is 1.65. The molecule has 0 bridgehead atoms. The van der Waals surface area contributed by atoms with Crippen LogP contribution in [0.4, 0.5) is 0 Å². The van der Waals surface area contributed by atoms with Crippen molar-refractivity contribution in [3.63, 3.8) is 0 Å². The molecule has 0 N–H and O–H groups in total. The molecule has 1 rings (SSSR count). The van der Waals surface area contributed by atoms with Crippen molar-refractivity contribution < 1.29 is 1.43 Å². The Bertz CT molecular complexity index is 134. The van der Waals surface area contributed by atoms with Gasteiger partial charge >= 0.3 is 0 Å². The summed E-state index contributed by atoms with van der Waals surface area (Å²) in [6.07, 6.45) is 0. The Kier molecular flexibility index (Phi) is 1.12. The highest BCUT2D eigenvalue weighted by molar-refractivity contribution is 5.11. The van der Waals surface area contributed by atoms with E-state index in [0.717, 1.165) is 0 Å². The topological polar surface area (TPSA) is 0 Å². The van der Waals surface area contributed by atoms with E-state index in [1.54, 1.807) is 0 Å². The minimum absolute atomic E-state index is 0. The Hall–Kier alpha value is -0.780. The van der Waals surface area contributed by atoms with Gasteiger partial charge < -0.3 is 0 Å². The summed E-state index contributed by atoms with van der Waals surface area (Å²) in [4.78, 5) is 0. The predicted molar refractivity (Wildman–Crippen MR) is 33.3 cm³/mol. The van der Waals surface area contributed by atoms with Crippen molar-refractivity contribution in [2.75, 3.05) is 0 Å². The van der Waals surface area contributed by atoms with E-state index in [1.165, 1.54) is 5.56 Å². The maximum absolute atomic E-state index is 2.08. The van der Waals surface area contributed by atoms with Gasteiger partial charge in [0.05, 0.1) is 0 Å². The van der Waals surface area contributed by atoms with Crippen molar-refractivity contribution in [1.82, 2.24) is 0 Å². The molecule has 0 saturated heterocycles. The number of aryl methyl sites for hydroxylation is 1. The quantitative estimate of drug-likeness (QED) is 0.462. The van der Waals surface area contributed by atoms with Crippen LogP contribution < -0.4 is 0 Å². The molecule has 0 nitrogen and oxygen atoms in total. The first kappa shape index (κ1) is 4.38.